The SMILES string of the molecule is CCOC1CC(Nc2ccc(N(C)CCO)cn2)C1(C)C. The van der Waals surface area contributed by atoms with Gasteiger partial charge in [0, 0.05) is 31.7 Å². The Balaban J connectivity index is 1.93. The molecule has 1 saturated carbocycles. The molecule has 0 radical (unpaired) electrons. The third-order valence-corrected chi connectivity index (χ3v) is 4.49. The summed E-state index contributed by atoms with van der Waals surface area (Å²) < 4.78 is 5.75. The van der Waals surface area contributed by atoms with Gasteiger partial charge in [-0.25, -0.2) is 4.98 Å². The van der Waals surface area contributed by atoms with Crippen LogP contribution in [0.5, 0.6) is 0 Å². The molecule has 1 aliphatic rings. The molecule has 1 aliphatic carbocycles. The van der Waals surface area contributed by atoms with Gasteiger partial charge in [-0.05, 0) is 25.5 Å². The minimum Gasteiger partial charge on any atom is -0.395 e. The molecule has 2 N–H and O–H groups in total. The van der Waals surface area contributed by atoms with E-state index in [9.17, 15) is 0 Å². The molecule has 0 bridgehead atoms. The molecule has 1 heterocycles. The second-order valence-corrected chi connectivity index (χ2v) is 6.24. The van der Waals surface area contributed by atoms with E-state index in [1.165, 1.54) is 0 Å². The third kappa shape index (κ3) is 3.47. The number of ether oxygens (including phenoxy) is 1. The molecule has 2 unspecified atom stereocenters. The fourth-order valence-electron chi connectivity index (χ4n) is 2.77. The number of hydrogen-bond donors (Lipinski definition) is 2. The summed E-state index contributed by atoms with van der Waals surface area (Å²) in [6.07, 6.45) is 3.19. The molecule has 1 fully saturated rings. The van der Waals surface area contributed by atoms with Crippen LogP contribution in [-0.4, -0.2) is 49.0 Å². The summed E-state index contributed by atoms with van der Waals surface area (Å²) in [5.41, 5.74) is 1.14. The van der Waals surface area contributed by atoms with Gasteiger partial charge < -0.3 is 20.1 Å². The Kier molecular flexibility index (Phi) is 5.06. The number of aliphatic hydroxyl groups is 1. The molecule has 5 heteroatoms. The van der Waals surface area contributed by atoms with E-state index in [1.807, 2.05) is 37.2 Å². The number of nitrogens with one attached hydrogen (secondary N) is 1. The summed E-state index contributed by atoms with van der Waals surface area (Å²) in [6, 6.07) is 4.41. The molecule has 2 rings (SSSR count). The maximum Gasteiger partial charge on any atom is 0.126 e. The maximum atomic E-state index is 8.95. The van der Waals surface area contributed by atoms with Crippen LogP contribution in [0, 0.1) is 5.41 Å². The molecule has 0 aromatic carbocycles. The highest BCUT2D eigenvalue weighted by atomic mass is 16.5. The average Bonchev–Trinajstić information content (AvgIpc) is 2.47. The first-order chi connectivity index (χ1) is 9.98. The molecule has 1 aromatic rings. The smallest absolute Gasteiger partial charge is 0.126 e. The highest BCUT2D eigenvalue weighted by Crippen LogP contribution is 2.44. The number of rotatable bonds is 7. The van der Waals surface area contributed by atoms with Crippen molar-refractivity contribution in [1.82, 2.24) is 4.98 Å². The fraction of sp³-hybridized carbons (Fsp3) is 0.688. The number of pyridine rings is 1. The summed E-state index contributed by atoms with van der Waals surface area (Å²) in [5, 5.41) is 12.4. The van der Waals surface area contributed by atoms with Crippen molar-refractivity contribution in [3.8, 4) is 0 Å². The van der Waals surface area contributed by atoms with Crippen molar-refractivity contribution in [3.63, 3.8) is 0 Å². The van der Waals surface area contributed by atoms with Gasteiger partial charge in [-0.2, -0.15) is 0 Å². The Labute approximate surface area is 127 Å². The number of likely N-dealkylation sites (N-methyl/N-ethyl adjacent to an activating group) is 1. The largest absolute Gasteiger partial charge is 0.395 e. The Morgan fingerprint density at radius 1 is 1.48 bits per heavy atom. The highest BCUT2D eigenvalue weighted by molar-refractivity contribution is 5.49. The number of hydrogen-bond acceptors (Lipinski definition) is 5. The van der Waals surface area contributed by atoms with Crippen molar-refractivity contribution in [2.45, 2.75) is 39.3 Å². The summed E-state index contributed by atoms with van der Waals surface area (Å²) in [7, 11) is 1.95. The van der Waals surface area contributed by atoms with E-state index in [0.29, 0.717) is 18.7 Å². The van der Waals surface area contributed by atoms with E-state index < -0.39 is 0 Å². The molecule has 2 atom stereocenters. The zero-order chi connectivity index (χ0) is 15.5. The molecule has 1 aromatic heterocycles. The summed E-state index contributed by atoms with van der Waals surface area (Å²) in [4.78, 5) is 6.45. The lowest BCUT2D eigenvalue weighted by Gasteiger charge is -2.51. The Morgan fingerprint density at radius 3 is 2.76 bits per heavy atom. The van der Waals surface area contributed by atoms with Crippen molar-refractivity contribution in [3.05, 3.63) is 18.3 Å². The van der Waals surface area contributed by atoms with Crippen LogP contribution in [-0.2, 0) is 4.74 Å². The van der Waals surface area contributed by atoms with Gasteiger partial charge >= 0.3 is 0 Å². The van der Waals surface area contributed by atoms with E-state index in [4.69, 9.17) is 9.84 Å². The van der Waals surface area contributed by atoms with Crippen LogP contribution in [0.1, 0.15) is 27.2 Å². The molecule has 118 valence electrons. The predicted octanol–water partition coefficient (Wildman–Crippen LogP) is 2.13. The Hall–Kier alpha value is -1.33. The van der Waals surface area contributed by atoms with E-state index in [0.717, 1.165) is 24.5 Å². The van der Waals surface area contributed by atoms with E-state index in [1.54, 1.807) is 0 Å². The molecule has 0 saturated heterocycles. The Bertz CT molecular complexity index is 447. The van der Waals surface area contributed by atoms with Gasteiger partial charge in [0.25, 0.3) is 0 Å². The van der Waals surface area contributed by atoms with Crippen molar-refractivity contribution in [1.29, 1.82) is 0 Å². The van der Waals surface area contributed by atoms with Crippen LogP contribution in [0.15, 0.2) is 18.3 Å². The lowest BCUT2D eigenvalue weighted by Crippen LogP contribution is -2.58. The second kappa shape index (κ2) is 6.62. The molecule has 0 aliphatic heterocycles. The first-order valence-electron chi connectivity index (χ1n) is 7.65. The van der Waals surface area contributed by atoms with Crippen molar-refractivity contribution in [2.75, 3.05) is 37.0 Å². The van der Waals surface area contributed by atoms with Gasteiger partial charge in [0.2, 0.25) is 0 Å². The van der Waals surface area contributed by atoms with Gasteiger partial charge in [0.1, 0.15) is 5.82 Å². The number of aliphatic hydroxyl groups excluding tert-OH is 1. The van der Waals surface area contributed by atoms with Gasteiger partial charge in [-0.15, -0.1) is 0 Å². The first-order valence-corrected chi connectivity index (χ1v) is 7.65. The van der Waals surface area contributed by atoms with Crippen LogP contribution in [0.3, 0.4) is 0 Å². The van der Waals surface area contributed by atoms with Gasteiger partial charge in [-0.1, -0.05) is 13.8 Å². The quantitative estimate of drug-likeness (QED) is 0.806. The molecule has 5 nitrogen and oxygen atoms in total. The van der Waals surface area contributed by atoms with Gasteiger partial charge in [-0.3, -0.25) is 0 Å². The standard InChI is InChI=1S/C16H27N3O2/c1-5-21-14-10-13(16(14,2)3)18-15-7-6-12(11-17-15)19(4)8-9-20/h6-7,11,13-14,20H,5,8-10H2,1-4H3,(H,17,18). The van der Waals surface area contributed by atoms with E-state index in [-0.39, 0.29) is 12.0 Å². The zero-order valence-electron chi connectivity index (χ0n) is 13.5. The third-order valence-electron chi connectivity index (χ3n) is 4.49. The van der Waals surface area contributed by atoms with E-state index in [2.05, 4.69) is 24.1 Å². The molecular weight excluding hydrogens is 266 g/mol. The fourth-order valence-corrected chi connectivity index (χ4v) is 2.77. The van der Waals surface area contributed by atoms with Gasteiger partial charge in [0.05, 0.1) is 24.6 Å². The molecular formula is C16H27N3O2. The average molecular weight is 293 g/mol. The first kappa shape index (κ1) is 16.0. The lowest BCUT2D eigenvalue weighted by atomic mass is 9.64. The molecule has 0 amide bonds. The Morgan fingerprint density at radius 2 is 2.24 bits per heavy atom. The summed E-state index contributed by atoms with van der Waals surface area (Å²) in [5.74, 6) is 0.893. The zero-order valence-corrected chi connectivity index (χ0v) is 13.5. The van der Waals surface area contributed by atoms with Crippen molar-refractivity contribution in [2.24, 2.45) is 5.41 Å². The number of aromatic nitrogens is 1. The summed E-state index contributed by atoms with van der Waals surface area (Å²) in [6.45, 7) is 8.03. The number of nitrogens with zero attached hydrogens (tertiary/aromatic N) is 2. The molecule has 0 spiro atoms. The lowest BCUT2D eigenvalue weighted by molar-refractivity contribution is -0.0976. The number of anilines is 2. The van der Waals surface area contributed by atoms with Crippen molar-refractivity contribution < 1.29 is 9.84 Å². The van der Waals surface area contributed by atoms with Crippen LogP contribution in [0.2, 0.25) is 0 Å². The van der Waals surface area contributed by atoms with Crippen molar-refractivity contribution >= 4 is 11.5 Å². The second-order valence-electron chi connectivity index (χ2n) is 6.24. The van der Waals surface area contributed by atoms with E-state index >= 15 is 0 Å². The van der Waals surface area contributed by atoms with Gasteiger partial charge in [0.15, 0.2) is 0 Å². The maximum absolute atomic E-state index is 8.95. The monoisotopic (exact) mass is 293 g/mol. The molecule has 21 heavy (non-hydrogen) atoms. The van der Waals surface area contributed by atoms with Crippen LogP contribution in [0.25, 0.3) is 0 Å². The van der Waals surface area contributed by atoms with Crippen LogP contribution >= 0.6 is 0 Å². The predicted molar refractivity (Wildman–Crippen MR) is 85.8 cm³/mol. The highest BCUT2D eigenvalue weighted by Gasteiger charge is 2.48. The minimum absolute atomic E-state index is 0.129. The summed E-state index contributed by atoms with van der Waals surface area (Å²) >= 11 is 0. The van der Waals surface area contributed by atoms with Crippen LogP contribution in [0.4, 0.5) is 11.5 Å². The topological polar surface area (TPSA) is 57.6 Å². The normalized spacial score (nSPS) is 23.5. The minimum atomic E-state index is 0.129. The van der Waals surface area contributed by atoms with Crippen LogP contribution < -0.4 is 10.2 Å².